The Morgan fingerprint density at radius 3 is 2.10 bits per heavy atom. The van der Waals surface area contributed by atoms with Crippen LogP contribution < -0.4 is 25.4 Å². The van der Waals surface area contributed by atoms with Gasteiger partial charge in [-0.05, 0) is 35.0 Å². The van der Waals surface area contributed by atoms with Gasteiger partial charge in [0.2, 0.25) is 0 Å². The monoisotopic (exact) mass is 406 g/mol. The Bertz CT molecular complexity index is 1580. The topological polar surface area (TPSA) is 35.5 Å². The number of hydrogen-bond donors (Lipinski definition) is 0. The zero-order valence-corrected chi connectivity index (χ0v) is 16.7. The Labute approximate surface area is 172 Å². The number of fused-ring (bicyclic) bond motifs is 8. The standard InChI is InChI=1S/C26H15O3P/c27-30-22-12-6-5-11-20(22)28-25-19-10-4-2-8-17(19)15-21(26(25)30)29-24-18-9-3-1-7-16(18)13-14-23(24)30/h1-15H. The molecule has 0 amide bonds. The minimum atomic E-state index is -3.17. The molecule has 4 heteroatoms. The van der Waals surface area contributed by atoms with Crippen LogP contribution in [0, 0.1) is 0 Å². The van der Waals surface area contributed by atoms with Crippen LogP contribution in [0.2, 0.25) is 0 Å². The van der Waals surface area contributed by atoms with Crippen LogP contribution in [0.3, 0.4) is 0 Å². The Balaban J connectivity index is 1.70. The maximum atomic E-state index is 15.1. The van der Waals surface area contributed by atoms with Gasteiger partial charge in [-0.3, -0.25) is 0 Å². The van der Waals surface area contributed by atoms with E-state index in [-0.39, 0.29) is 0 Å². The van der Waals surface area contributed by atoms with Gasteiger partial charge < -0.3 is 14.0 Å². The van der Waals surface area contributed by atoms with Crippen molar-refractivity contribution in [1.82, 2.24) is 0 Å². The lowest BCUT2D eigenvalue weighted by Crippen LogP contribution is -2.35. The second kappa shape index (κ2) is 5.53. The summed E-state index contributed by atoms with van der Waals surface area (Å²) in [6.45, 7) is 0. The smallest absolute Gasteiger partial charge is 0.185 e. The summed E-state index contributed by atoms with van der Waals surface area (Å²) in [6, 6.07) is 29.7. The summed E-state index contributed by atoms with van der Waals surface area (Å²) in [7, 11) is -3.17. The molecule has 2 aliphatic heterocycles. The highest BCUT2D eigenvalue weighted by Gasteiger charge is 2.47. The first-order valence-corrected chi connectivity index (χ1v) is 11.6. The van der Waals surface area contributed by atoms with Gasteiger partial charge in [0.25, 0.3) is 0 Å². The van der Waals surface area contributed by atoms with E-state index < -0.39 is 7.14 Å². The maximum absolute atomic E-state index is 15.1. The number of hydrogen-bond acceptors (Lipinski definition) is 3. The van der Waals surface area contributed by atoms with Crippen LogP contribution >= 0.6 is 7.14 Å². The first kappa shape index (κ1) is 16.3. The quantitative estimate of drug-likeness (QED) is 0.297. The zero-order chi connectivity index (χ0) is 19.9. The molecule has 30 heavy (non-hydrogen) atoms. The van der Waals surface area contributed by atoms with Crippen molar-refractivity contribution in [3.63, 3.8) is 0 Å². The molecule has 142 valence electrons. The summed E-state index contributed by atoms with van der Waals surface area (Å²) < 4.78 is 27.9. The van der Waals surface area contributed by atoms with Gasteiger partial charge in [0.05, 0.1) is 10.6 Å². The van der Waals surface area contributed by atoms with Crippen LogP contribution in [0.15, 0.2) is 91.0 Å². The third kappa shape index (κ3) is 1.89. The summed E-state index contributed by atoms with van der Waals surface area (Å²) in [5.74, 6) is 2.59. The van der Waals surface area contributed by atoms with Gasteiger partial charge in [-0.2, -0.15) is 0 Å². The summed E-state index contributed by atoms with van der Waals surface area (Å²) in [5.41, 5.74) is 0. The Hall–Kier alpha value is -3.55. The minimum Gasteiger partial charge on any atom is -0.455 e. The van der Waals surface area contributed by atoms with Crippen molar-refractivity contribution >= 4 is 44.6 Å². The zero-order valence-electron chi connectivity index (χ0n) is 15.8. The van der Waals surface area contributed by atoms with Gasteiger partial charge in [0, 0.05) is 10.8 Å². The highest BCUT2D eigenvalue weighted by molar-refractivity contribution is 7.86. The van der Waals surface area contributed by atoms with Crippen molar-refractivity contribution in [3.8, 4) is 23.0 Å². The third-order valence-electron chi connectivity index (χ3n) is 6.08. The molecule has 0 aromatic heterocycles. The van der Waals surface area contributed by atoms with E-state index >= 15 is 4.57 Å². The van der Waals surface area contributed by atoms with Crippen molar-refractivity contribution in [2.45, 2.75) is 0 Å². The number of para-hydroxylation sites is 1. The minimum absolute atomic E-state index is 0.616. The molecule has 5 aromatic carbocycles. The summed E-state index contributed by atoms with van der Waals surface area (Å²) >= 11 is 0. The molecule has 7 rings (SSSR count). The van der Waals surface area contributed by atoms with Gasteiger partial charge in [0.1, 0.15) is 28.3 Å². The second-order valence-corrected chi connectivity index (χ2v) is 10.3. The van der Waals surface area contributed by atoms with Gasteiger partial charge in [-0.25, -0.2) is 0 Å². The molecule has 0 fully saturated rings. The van der Waals surface area contributed by atoms with Gasteiger partial charge in [-0.15, -0.1) is 0 Å². The van der Waals surface area contributed by atoms with Gasteiger partial charge >= 0.3 is 0 Å². The Morgan fingerprint density at radius 2 is 1.23 bits per heavy atom. The Kier molecular flexibility index (Phi) is 3.00. The molecule has 1 unspecified atom stereocenters. The van der Waals surface area contributed by atoms with E-state index in [1.807, 2.05) is 91.0 Å². The third-order valence-corrected chi connectivity index (χ3v) is 9.21. The highest BCUT2D eigenvalue weighted by atomic mass is 31.2. The van der Waals surface area contributed by atoms with E-state index in [0.717, 1.165) is 32.2 Å². The largest absolute Gasteiger partial charge is 0.455 e. The van der Waals surface area contributed by atoms with Crippen LogP contribution in [0.25, 0.3) is 21.5 Å². The average molecular weight is 406 g/mol. The molecule has 1 atom stereocenters. The van der Waals surface area contributed by atoms with E-state index in [9.17, 15) is 0 Å². The predicted molar refractivity (Wildman–Crippen MR) is 121 cm³/mol. The lowest BCUT2D eigenvalue weighted by atomic mass is 10.1. The molecular formula is C26H15O3P. The van der Waals surface area contributed by atoms with Crippen LogP contribution in [0.4, 0.5) is 0 Å². The van der Waals surface area contributed by atoms with Crippen molar-refractivity contribution in [1.29, 1.82) is 0 Å². The van der Waals surface area contributed by atoms with Gasteiger partial charge in [0.15, 0.2) is 7.14 Å². The first-order valence-electron chi connectivity index (χ1n) is 9.89. The average Bonchev–Trinajstić information content (AvgIpc) is 2.79. The summed E-state index contributed by atoms with van der Waals surface area (Å²) in [5, 5.41) is 6.11. The fraction of sp³-hybridized carbons (Fsp3) is 0. The summed E-state index contributed by atoms with van der Waals surface area (Å²) in [4.78, 5) is 0. The fourth-order valence-corrected chi connectivity index (χ4v) is 7.82. The molecule has 0 saturated heterocycles. The predicted octanol–water partition coefficient (Wildman–Crippen LogP) is 5.84. The molecule has 0 bridgehead atoms. The maximum Gasteiger partial charge on any atom is 0.185 e. The van der Waals surface area contributed by atoms with Crippen molar-refractivity contribution < 1.29 is 14.0 Å². The number of rotatable bonds is 0. The van der Waals surface area contributed by atoms with Crippen LogP contribution in [-0.4, -0.2) is 0 Å². The lowest BCUT2D eigenvalue weighted by molar-refractivity contribution is 0.468. The van der Waals surface area contributed by atoms with Crippen LogP contribution in [0.5, 0.6) is 23.0 Å². The van der Waals surface area contributed by atoms with E-state index in [4.69, 9.17) is 9.47 Å². The molecule has 0 saturated carbocycles. The second-order valence-electron chi connectivity index (χ2n) is 7.69. The van der Waals surface area contributed by atoms with Crippen molar-refractivity contribution in [2.24, 2.45) is 0 Å². The molecule has 2 heterocycles. The fourth-order valence-electron chi connectivity index (χ4n) is 4.74. The molecule has 0 aliphatic carbocycles. The Morgan fingerprint density at radius 1 is 0.567 bits per heavy atom. The number of ether oxygens (including phenoxy) is 2. The van der Waals surface area contributed by atoms with Crippen molar-refractivity contribution in [2.75, 3.05) is 0 Å². The van der Waals surface area contributed by atoms with Crippen LogP contribution in [0.1, 0.15) is 0 Å². The number of benzene rings is 5. The molecule has 2 aliphatic rings. The molecule has 3 nitrogen and oxygen atoms in total. The lowest BCUT2D eigenvalue weighted by Gasteiger charge is -2.35. The van der Waals surface area contributed by atoms with Crippen molar-refractivity contribution in [3.05, 3.63) is 91.0 Å². The highest BCUT2D eigenvalue weighted by Crippen LogP contribution is 2.60. The summed E-state index contributed by atoms with van der Waals surface area (Å²) in [6.07, 6.45) is 0. The molecule has 0 N–H and O–H groups in total. The van der Waals surface area contributed by atoms with E-state index in [2.05, 4.69) is 0 Å². The van der Waals surface area contributed by atoms with E-state index in [1.165, 1.54) is 0 Å². The van der Waals surface area contributed by atoms with Crippen LogP contribution in [-0.2, 0) is 4.57 Å². The molecule has 0 spiro atoms. The molecule has 5 aromatic rings. The first-order chi connectivity index (χ1) is 14.7. The molecular weight excluding hydrogens is 391 g/mol. The SMILES string of the molecule is O=P12c3ccccc3Oc3c1c(cc1ccccc31)Oc1c2ccc2ccccc12. The normalized spacial score (nSPS) is 18.1. The molecule has 0 radical (unpaired) electrons. The van der Waals surface area contributed by atoms with E-state index in [0.29, 0.717) is 28.3 Å². The van der Waals surface area contributed by atoms with Gasteiger partial charge in [-0.1, -0.05) is 66.7 Å². The van der Waals surface area contributed by atoms with E-state index in [1.54, 1.807) is 0 Å².